The van der Waals surface area contributed by atoms with E-state index >= 15 is 0 Å². The number of anilines is 2. The van der Waals surface area contributed by atoms with Crippen LogP contribution < -0.4 is 9.80 Å². The molecule has 0 spiro atoms. The van der Waals surface area contributed by atoms with E-state index < -0.39 is 0 Å². The number of nitriles is 1. The molecule has 2 unspecified atom stereocenters. The summed E-state index contributed by atoms with van der Waals surface area (Å²) in [6.45, 7) is 12.5. The number of para-hydroxylation sites is 1. The molecule has 1 saturated heterocycles. The average Bonchev–Trinajstić information content (AvgIpc) is 3.52. The smallest absolute Gasteiger partial charge is 0.185 e. The molecule has 6 rings (SSSR count). The average molecular weight is 547 g/mol. The van der Waals surface area contributed by atoms with Crippen LogP contribution in [0.5, 0.6) is 0 Å². The Hall–Kier alpha value is -4.28. The maximum Gasteiger partial charge on any atom is 0.185 e. The predicted molar refractivity (Wildman–Crippen MR) is 167 cm³/mol. The molecule has 202 valence electrons. The maximum atomic E-state index is 9.13. The van der Waals surface area contributed by atoms with Gasteiger partial charge in [-0.3, -0.25) is 4.98 Å². The van der Waals surface area contributed by atoms with E-state index in [1.165, 1.54) is 5.56 Å². The standard InChI is InChI=1S/C31H28N6S.C2H6/c1-20-18-36(19-21(2)37(20)31-33-13-14-38-31)29-12-11-25(16-34-29)28-17-35-30-26(22(28)3)5-4-6-27(30)24-9-7-23(15-32)8-10-24;1-2/h4-14,16-17,20-21H,18-19H2,1-3H3;1-2H3. The lowest BCUT2D eigenvalue weighted by atomic mass is 9.95. The molecule has 2 aromatic carbocycles. The quantitative estimate of drug-likeness (QED) is 0.230. The van der Waals surface area contributed by atoms with E-state index in [4.69, 9.17) is 15.2 Å². The highest BCUT2D eigenvalue weighted by atomic mass is 32.1. The molecular weight excluding hydrogens is 512 g/mol. The van der Waals surface area contributed by atoms with Crippen molar-refractivity contribution in [2.45, 2.75) is 46.7 Å². The van der Waals surface area contributed by atoms with Gasteiger partial charge in [0.1, 0.15) is 5.82 Å². The molecule has 1 aliphatic heterocycles. The Morgan fingerprint density at radius 2 is 1.57 bits per heavy atom. The van der Waals surface area contributed by atoms with Crippen molar-refractivity contribution in [2.75, 3.05) is 22.9 Å². The van der Waals surface area contributed by atoms with E-state index in [1.54, 1.807) is 11.3 Å². The molecule has 0 amide bonds. The first-order chi connectivity index (χ1) is 19.5. The Morgan fingerprint density at radius 1 is 0.850 bits per heavy atom. The topological polar surface area (TPSA) is 68.9 Å². The summed E-state index contributed by atoms with van der Waals surface area (Å²) >= 11 is 1.70. The number of piperazine rings is 1. The Labute approximate surface area is 240 Å². The number of aromatic nitrogens is 3. The molecule has 2 atom stereocenters. The largest absolute Gasteiger partial charge is 0.353 e. The number of pyridine rings is 2. The second-order valence-corrected chi connectivity index (χ2v) is 10.8. The van der Waals surface area contributed by atoms with Gasteiger partial charge in [0.2, 0.25) is 0 Å². The third kappa shape index (κ3) is 5.15. The van der Waals surface area contributed by atoms with Crippen molar-refractivity contribution in [3.63, 3.8) is 0 Å². The van der Waals surface area contributed by atoms with Crippen molar-refractivity contribution in [2.24, 2.45) is 0 Å². The summed E-state index contributed by atoms with van der Waals surface area (Å²) in [5.74, 6) is 1.00. The molecule has 1 fully saturated rings. The number of rotatable bonds is 4. The molecule has 5 aromatic rings. The van der Waals surface area contributed by atoms with Crippen LogP contribution in [0, 0.1) is 18.3 Å². The second kappa shape index (κ2) is 11.8. The van der Waals surface area contributed by atoms with Crippen LogP contribution >= 0.6 is 11.3 Å². The maximum absolute atomic E-state index is 9.13. The highest BCUT2D eigenvalue weighted by Crippen LogP contribution is 2.34. The van der Waals surface area contributed by atoms with Gasteiger partial charge in [-0.2, -0.15) is 5.26 Å². The van der Waals surface area contributed by atoms with Crippen LogP contribution in [0.3, 0.4) is 0 Å². The van der Waals surface area contributed by atoms with Crippen LogP contribution in [0.25, 0.3) is 33.2 Å². The Kier molecular flexibility index (Phi) is 8.09. The minimum atomic E-state index is 0.351. The third-order valence-electron chi connectivity index (χ3n) is 7.43. The SMILES string of the molecule is CC.Cc1c(-c2ccc(N3CC(C)N(c4nccs4)C(C)C3)nc2)cnc2c(-c3ccc(C#N)cc3)cccc12. The molecule has 1 aliphatic rings. The Balaban J connectivity index is 0.00000158. The molecule has 40 heavy (non-hydrogen) atoms. The molecule has 0 radical (unpaired) electrons. The zero-order valence-electron chi connectivity index (χ0n) is 23.7. The van der Waals surface area contributed by atoms with Gasteiger partial charge in [-0.15, -0.1) is 11.3 Å². The van der Waals surface area contributed by atoms with E-state index in [1.807, 2.05) is 62.1 Å². The number of fused-ring (bicyclic) bond motifs is 1. The monoisotopic (exact) mass is 546 g/mol. The molecule has 7 heteroatoms. The van der Waals surface area contributed by atoms with Crippen LogP contribution in [0.4, 0.5) is 10.9 Å². The van der Waals surface area contributed by atoms with E-state index in [0.29, 0.717) is 17.6 Å². The third-order valence-corrected chi connectivity index (χ3v) is 8.22. The fourth-order valence-corrected chi connectivity index (χ4v) is 6.41. The van der Waals surface area contributed by atoms with E-state index in [9.17, 15) is 0 Å². The van der Waals surface area contributed by atoms with Crippen LogP contribution in [0.2, 0.25) is 0 Å². The van der Waals surface area contributed by atoms with Crippen LogP contribution in [0.1, 0.15) is 38.8 Å². The van der Waals surface area contributed by atoms with Crippen LogP contribution in [0.15, 0.2) is 78.6 Å². The first kappa shape index (κ1) is 27.3. The number of nitrogens with zero attached hydrogens (tertiary/aromatic N) is 6. The molecule has 0 saturated carbocycles. The van der Waals surface area contributed by atoms with Crippen molar-refractivity contribution < 1.29 is 0 Å². The predicted octanol–water partition coefficient (Wildman–Crippen LogP) is 7.73. The van der Waals surface area contributed by atoms with Crippen LogP contribution in [-0.2, 0) is 0 Å². The minimum Gasteiger partial charge on any atom is -0.353 e. The van der Waals surface area contributed by atoms with Gasteiger partial charge in [0.05, 0.1) is 17.1 Å². The zero-order chi connectivity index (χ0) is 28.2. The Morgan fingerprint density at radius 3 is 2.20 bits per heavy atom. The van der Waals surface area contributed by atoms with Crippen LogP contribution in [-0.4, -0.2) is 40.1 Å². The summed E-state index contributed by atoms with van der Waals surface area (Å²) in [6.07, 6.45) is 5.81. The fourth-order valence-electron chi connectivity index (χ4n) is 5.57. The number of hydrogen-bond donors (Lipinski definition) is 0. The molecule has 0 N–H and O–H groups in total. The number of benzene rings is 2. The highest BCUT2D eigenvalue weighted by molar-refractivity contribution is 7.13. The van der Waals surface area contributed by atoms with Gasteiger partial charge < -0.3 is 9.80 Å². The summed E-state index contributed by atoms with van der Waals surface area (Å²) in [5, 5.41) is 13.4. The first-order valence-corrected chi connectivity index (χ1v) is 14.7. The van der Waals surface area contributed by atoms with Gasteiger partial charge in [-0.1, -0.05) is 44.2 Å². The minimum absolute atomic E-state index is 0.351. The summed E-state index contributed by atoms with van der Waals surface area (Å²) < 4.78 is 0. The summed E-state index contributed by atoms with van der Waals surface area (Å²) in [7, 11) is 0. The molecule has 0 aliphatic carbocycles. The number of hydrogen-bond acceptors (Lipinski definition) is 7. The van der Waals surface area contributed by atoms with E-state index in [2.05, 4.69) is 72.0 Å². The normalized spacial score (nSPS) is 16.8. The van der Waals surface area contributed by atoms with Gasteiger partial charge >= 0.3 is 0 Å². The van der Waals surface area contributed by atoms with Crippen molar-refractivity contribution in [1.82, 2.24) is 15.0 Å². The van der Waals surface area contributed by atoms with Crippen molar-refractivity contribution in [3.8, 4) is 28.3 Å². The number of aryl methyl sites for hydroxylation is 1. The summed E-state index contributed by atoms with van der Waals surface area (Å²) in [6, 6.07) is 21.1. The van der Waals surface area contributed by atoms with Gasteiger partial charge in [0.15, 0.2) is 5.13 Å². The molecule has 0 bridgehead atoms. The fraction of sp³-hybridized carbons (Fsp3) is 0.273. The van der Waals surface area contributed by atoms with Crippen molar-refractivity contribution in [1.29, 1.82) is 5.26 Å². The van der Waals surface area contributed by atoms with Gasteiger partial charge in [0, 0.05) is 71.2 Å². The molecule has 6 nitrogen and oxygen atoms in total. The molecular formula is C33H34N6S. The van der Waals surface area contributed by atoms with E-state index in [0.717, 1.165) is 57.2 Å². The van der Waals surface area contributed by atoms with Gasteiger partial charge in [-0.25, -0.2) is 9.97 Å². The summed E-state index contributed by atoms with van der Waals surface area (Å²) in [4.78, 5) is 19.1. The van der Waals surface area contributed by atoms with Gasteiger partial charge in [0.25, 0.3) is 0 Å². The zero-order valence-corrected chi connectivity index (χ0v) is 24.5. The highest BCUT2D eigenvalue weighted by Gasteiger charge is 2.31. The van der Waals surface area contributed by atoms with Gasteiger partial charge in [-0.05, 0) is 56.2 Å². The lowest BCUT2D eigenvalue weighted by molar-refractivity contribution is 0.472. The first-order valence-electron chi connectivity index (χ1n) is 13.8. The molecule has 3 aromatic heterocycles. The lowest BCUT2D eigenvalue weighted by Gasteiger charge is -2.44. The Bertz CT molecular complexity index is 1610. The van der Waals surface area contributed by atoms with Crippen molar-refractivity contribution >= 4 is 33.2 Å². The summed E-state index contributed by atoms with van der Waals surface area (Å²) in [5.41, 5.74) is 7.06. The number of thiazole rings is 1. The van der Waals surface area contributed by atoms with Crippen molar-refractivity contribution in [3.05, 3.63) is 89.7 Å². The second-order valence-electron chi connectivity index (χ2n) is 9.92. The lowest BCUT2D eigenvalue weighted by Crippen LogP contribution is -2.57. The van der Waals surface area contributed by atoms with E-state index in [-0.39, 0.29) is 0 Å². The molecule has 4 heterocycles.